The highest BCUT2D eigenvalue weighted by Gasteiger charge is 2.54. The fourth-order valence-corrected chi connectivity index (χ4v) is 5.31. The van der Waals surface area contributed by atoms with Crippen molar-refractivity contribution in [2.75, 3.05) is 26.5 Å². The Bertz CT molecular complexity index is 1170. The number of rotatable bonds is 5. The van der Waals surface area contributed by atoms with Gasteiger partial charge in [-0.3, -0.25) is 19.3 Å². The van der Waals surface area contributed by atoms with E-state index in [2.05, 4.69) is 5.32 Å². The summed E-state index contributed by atoms with van der Waals surface area (Å²) in [5, 5.41) is 2.97. The van der Waals surface area contributed by atoms with Crippen LogP contribution in [0, 0.1) is 5.92 Å². The van der Waals surface area contributed by atoms with E-state index in [-0.39, 0.29) is 43.6 Å². The number of benzene rings is 2. The van der Waals surface area contributed by atoms with Crippen molar-refractivity contribution in [3.63, 3.8) is 0 Å². The van der Waals surface area contributed by atoms with Crippen LogP contribution in [0.1, 0.15) is 41.6 Å². The van der Waals surface area contributed by atoms with Gasteiger partial charge in [0, 0.05) is 44.0 Å². The predicted octanol–water partition coefficient (Wildman–Crippen LogP) is 2.30. The summed E-state index contributed by atoms with van der Waals surface area (Å²) in [5.41, 5.74) is 0.468. The maximum absolute atomic E-state index is 13.7. The number of amides is 3. The summed E-state index contributed by atoms with van der Waals surface area (Å²) < 4.78 is 17.0. The van der Waals surface area contributed by atoms with Gasteiger partial charge in [-0.2, -0.15) is 0 Å². The lowest BCUT2D eigenvalue weighted by Gasteiger charge is -2.44. The van der Waals surface area contributed by atoms with Gasteiger partial charge in [0.25, 0.3) is 5.91 Å². The molecular formula is C27H29N3O6. The smallest absolute Gasteiger partial charge is 0.256 e. The molecule has 6 rings (SSSR count). The summed E-state index contributed by atoms with van der Waals surface area (Å²) in [7, 11) is 0. The second-order valence-electron chi connectivity index (χ2n) is 9.82. The highest BCUT2D eigenvalue weighted by molar-refractivity contribution is 5.98. The van der Waals surface area contributed by atoms with E-state index in [0.717, 1.165) is 18.4 Å². The number of hydrogen-bond acceptors (Lipinski definition) is 6. The summed E-state index contributed by atoms with van der Waals surface area (Å²) in [6, 6.07) is 13.7. The van der Waals surface area contributed by atoms with Crippen LogP contribution >= 0.6 is 0 Å². The molecule has 1 aliphatic carbocycles. The Labute approximate surface area is 209 Å². The molecule has 1 atom stereocenters. The zero-order chi connectivity index (χ0) is 24.7. The van der Waals surface area contributed by atoms with Gasteiger partial charge in [-0.05, 0) is 42.7 Å². The molecule has 3 aliphatic heterocycles. The topological polar surface area (TPSA) is 97.4 Å². The molecule has 2 aromatic rings. The van der Waals surface area contributed by atoms with Crippen molar-refractivity contribution >= 4 is 17.7 Å². The van der Waals surface area contributed by atoms with Gasteiger partial charge in [0.1, 0.15) is 11.8 Å². The van der Waals surface area contributed by atoms with Crippen LogP contribution in [0.15, 0.2) is 48.5 Å². The van der Waals surface area contributed by atoms with Crippen LogP contribution in [-0.4, -0.2) is 65.8 Å². The Morgan fingerprint density at radius 3 is 2.47 bits per heavy atom. The minimum Gasteiger partial charge on any atom is -0.454 e. The van der Waals surface area contributed by atoms with Gasteiger partial charge in [-0.1, -0.05) is 24.3 Å². The number of carbonyl (C=O) groups is 3. The first kappa shape index (κ1) is 22.8. The van der Waals surface area contributed by atoms with Gasteiger partial charge in [-0.25, -0.2) is 0 Å². The van der Waals surface area contributed by atoms with Crippen molar-refractivity contribution in [2.45, 2.75) is 44.0 Å². The van der Waals surface area contributed by atoms with Gasteiger partial charge in [-0.15, -0.1) is 0 Å². The van der Waals surface area contributed by atoms with E-state index in [9.17, 15) is 14.4 Å². The monoisotopic (exact) mass is 491 g/mol. The van der Waals surface area contributed by atoms with E-state index in [0.29, 0.717) is 43.0 Å². The molecule has 9 heteroatoms. The average Bonchev–Trinajstić information content (AvgIpc) is 3.56. The van der Waals surface area contributed by atoms with Gasteiger partial charge < -0.3 is 24.4 Å². The van der Waals surface area contributed by atoms with Gasteiger partial charge in [0.05, 0.1) is 6.61 Å². The third-order valence-electron chi connectivity index (χ3n) is 7.49. The van der Waals surface area contributed by atoms with Crippen LogP contribution in [0.3, 0.4) is 0 Å². The van der Waals surface area contributed by atoms with Crippen molar-refractivity contribution < 1.29 is 28.6 Å². The Balaban J connectivity index is 1.20. The number of ether oxygens (including phenoxy) is 3. The minimum absolute atomic E-state index is 0.113. The fraction of sp³-hybridized carbons (Fsp3) is 0.444. The molecule has 4 aliphatic rings. The Hall–Kier alpha value is -3.59. The third kappa shape index (κ3) is 4.17. The van der Waals surface area contributed by atoms with Crippen LogP contribution in [-0.2, 0) is 20.9 Å². The molecule has 3 amide bonds. The van der Waals surface area contributed by atoms with E-state index in [1.165, 1.54) is 0 Å². The van der Waals surface area contributed by atoms with Crippen LogP contribution in [0.25, 0.3) is 0 Å². The SMILES string of the molecule is O=C(NCc1ccc2c(c1)OCO2)[C@H]1COC2(CCN(C(=O)C3CC3)CC2)N1C(=O)c1ccccc1. The highest BCUT2D eigenvalue weighted by atomic mass is 16.7. The van der Waals surface area contributed by atoms with E-state index < -0.39 is 11.8 Å². The zero-order valence-electron chi connectivity index (χ0n) is 20.0. The normalized spacial score (nSPS) is 22.1. The fourth-order valence-electron chi connectivity index (χ4n) is 5.31. The van der Waals surface area contributed by atoms with Crippen LogP contribution in [0.4, 0.5) is 0 Å². The van der Waals surface area contributed by atoms with E-state index in [4.69, 9.17) is 14.2 Å². The number of nitrogens with one attached hydrogen (secondary N) is 1. The standard InChI is InChI=1S/C27H29N3O6/c31-24(28-15-18-6-9-22-23(14-18)35-17-34-22)21-16-36-27(30(21)26(33)19-4-2-1-3-5-19)10-12-29(13-11-27)25(32)20-7-8-20/h1-6,9,14,20-21H,7-8,10-13,15-17H2,(H,28,31)/t21-/m1/s1. The lowest BCUT2D eigenvalue weighted by atomic mass is 9.96. The predicted molar refractivity (Wildman–Crippen MR) is 128 cm³/mol. The molecule has 0 bridgehead atoms. The summed E-state index contributed by atoms with van der Waals surface area (Å²) >= 11 is 0. The lowest BCUT2D eigenvalue weighted by Crippen LogP contribution is -2.59. The lowest BCUT2D eigenvalue weighted by molar-refractivity contribution is -0.144. The minimum atomic E-state index is -0.909. The number of carbonyl (C=O) groups excluding carboxylic acids is 3. The molecule has 1 N–H and O–H groups in total. The van der Waals surface area contributed by atoms with E-state index in [1.54, 1.807) is 17.0 Å². The summed E-state index contributed by atoms with van der Waals surface area (Å²) in [5.74, 6) is 1.17. The van der Waals surface area contributed by atoms with Crippen molar-refractivity contribution in [3.05, 3.63) is 59.7 Å². The molecule has 1 saturated carbocycles. The van der Waals surface area contributed by atoms with Gasteiger partial charge in [0.2, 0.25) is 18.6 Å². The van der Waals surface area contributed by atoms with Crippen molar-refractivity contribution in [2.24, 2.45) is 5.92 Å². The Kier molecular flexibility index (Phi) is 5.79. The molecule has 188 valence electrons. The summed E-state index contributed by atoms with van der Waals surface area (Å²) in [6.45, 7) is 1.61. The molecule has 3 fully saturated rings. The van der Waals surface area contributed by atoms with E-state index in [1.807, 2.05) is 41.3 Å². The Morgan fingerprint density at radius 1 is 0.972 bits per heavy atom. The first-order valence-corrected chi connectivity index (χ1v) is 12.5. The largest absolute Gasteiger partial charge is 0.454 e. The highest BCUT2D eigenvalue weighted by Crippen LogP contribution is 2.40. The molecule has 0 radical (unpaired) electrons. The molecule has 2 saturated heterocycles. The van der Waals surface area contributed by atoms with Crippen molar-refractivity contribution in [1.29, 1.82) is 0 Å². The third-order valence-corrected chi connectivity index (χ3v) is 7.49. The molecule has 36 heavy (non-hydrogen) atoms. The number of piperidine rings is 1. The number of fused-ring (bicyclic) bond motifs is 1. The Morgan fingerprint density at radius 2 is 1.72 bits per heavy atom. The second-order valence-corrected chi connectivity index (χ2v) is 9.82. The second kappa shape index (κ2) is 9.13. The molecule has 1 spiro atoms. The quantitative estimate of drug-likeness (QED) is 0.690. The number of hydrogen-bond donors (Lipinski definition) is 1. The summed E-state index contributed by atoms with van der Waals surface area (Å²) in [6.07, 6.45) is 2.88. The first-order valence-electron chi connectivity index (χ1n) is 12.5. The van der Waals surface area contributed by atoms with Crippen LogP contribution < -0.4 is 14.8 Å². The number of nitrogens with zero attached hydrogens (tertiary/aromatic N) is 2. The first-order chi connectivity index (χ1) is 17.5. The zero-order valence-corrected chi connectivity index (χ0v) is 20.0. The van der Waals surface area contributed by atoms with Crippen LogP contribution in [0.5, 0.6) is 11.5 Å². The van der Waals surface area contributed by atoms with Crippen molar-refractivity contribution in [3.8, 4) is 11.5 Å². The molecule has 0 unspecified atom stereocenters. The van der Waals surface area contributed by atoms with Gasteiger partial charge in [0.15, 0.2) is 11.5 Å². The average molecular weight is 492 g/mol. The summed E-state index contributed by atoms with van der Waals surface area (Å²) in [4.78, 5) is 43.2. The molecule has 0 aromatic heterocycles. The van der Waals surface area contributed by atoms with Crippen LogP contribution in [0.2, 0.25) is 0 Å². The van der Waals surface area contributed by atoms with Gasteiger partial charge >= 0.3 is 0 Å². The molecular weight excluding hydrogens is 462 g/mol. The van der Waals surface area contributed by atoms with Crippen molar-refractivity contribution in [1.82, 2.24) is 15.1 Å². The molecule has 2 aromatic carbocycles. The maximum atomic E-state index is 13.7. The molecule has 3 heterocycles. The number of likely N-dealkylation sites (tertiary alicyclic amines) is 1. The molecule has 9 nitrogen and oxygen atoms in total. The van der Waals surface area contributed by atoms with E-state index >= 15 is 0 Å². The maximum Gasteiger partial charge on any atom is 0.256 e.